The monoisotopic (exact) mass is 323 g/mol. The van der Waals surface area contributed by atoms with Crippen LogP contribution < -0.4 is 10.6 Å². The van der Waals surface area contributed by atoms with Crippen molar-refractivity contribution < 1.29 is 5.11 Å². The summed E-state index contributed by atoms with van der Waals surface area (Å²) in [7, 11) is 0. The van der Waals surface area contributed by atoms with Crippen molar-refractivity contribution in [3.63, 3.8) is 0 Å². The first-order valence-corrected chi connectivity index (χ1v) is 7.39. The summed E-state index contributed by atoms with van der Waals surface area (Å²) in [5, 5.41) is 16.1. The van der Waals surface area contributed by atoms with E-state index in [1.807, 2.05) is 0 Å². The van der Waals surface area contributed by atoms with E-state index in [4.69, 9.17) is 0 Å². The number of halogens is 1. The zero-order chi connectivity index (χ0) is 13.2. The summed E-state index contributed by atoms with van der Waals surface area (Å²) in [6, 6.07) is 6.45. The lowest BCUT2D eigenvalue weighted by molar-refractivity contribution is 0.167. The van der Waals surface area contributed by atoms with Crippen molar-refractivity contribution in [2.75, 3.05) is 26.2 Å². The fourth-order valence-electron chi connectivity index (χ4n) is 2.64. The standard InChI is InChI=1S/C14H18BrN3O/c15-13-3-1-2-10-7-17-14(6-12(10)13)18-5-4-16-11(8-18)9-19/h1-3,6,11,16-17,19H,4-5,7-9H2. The molecular weight excluding hydrogens is 306 g/mol. The molecule has 0 bridgehead atoms. The quantitative estimate of drug-likeness (QED) is 0.763. The van der Waals surface area contributed by atoms with Gasteiger partial charge in [0.2, 0.25) is 0 Å². The first-order valence-electron chi connectivity index (χ1n) is 6.60. The average Bonchev–Trinajstić information content (AvgIpc) is 2.47. The Morgan fingerprint density at radius 3 is 3.16 bits per heavy atom. The zero-order valence-corrected chi connectivity index (χ0v) is 12.3. The molecule has 2 aliphatic rings. The topological polar surface area (TPSA) is 47.5 Å². The van der Waals surface area contributed by atoms with E-state index in [0.717, 1.165) is 36.5 Å². The maximum absolute atomic E-state index is 9.27. The summed E-state index contributed by atoms with van der Waals surface area (Å²) >= 11 is 3.62. The van der Waals surface area contributed by atoms with Crippen LogP contribution in [0.1, 0.15) is 11.1 Å². The molecule has 3 rings (SSSR count). The van der Waals surface area contributed by atoms with Gasteiger partial charge in [-0.05, 0) is 23.3 Å². The molecule has 1 saturated heterocycles. The van der Waals surface area contributed by atoms with Crippen LogP contribution in [0.3, 0.4) is 0 Å². The van der Waals surface area contributed by atoms with Crippen LogP contribution in [0.15, 0.2) is 28.5 Å². The van der Waals surface area contributed by atoms with Crippen molar-refractivity contribution in [2.24, 2.45) is 0 Å². The second-order valence-corrected chi connectivity index (χ2v) is 5.83. The van der Waals surface area contributed by atoms with Crippen molar-refractivity contribution in [3.05, 3.63) is 39.6 Å². The predicted molar refractivity (Wildman–Crippen MR) is 79.4 cm³/mol. The van der Waals surface area contributed by atoms with Crippen molar-refractivity contribution in [1.29, 1.82) is 0 Å². The molecule has 0 saturated carbocycles. The van der Waals surface area contributed by atoms with E-state index < -0.39 is 0 Å². The Kier molecular flexibility index (Phi) is 3.77. The summed E-state index contributed by atoms with van der Waals surface area (Å²) in [6.45, 7) is 3.76. The van der Waals surface area contributed by atoms with Gasteiger partial charge in [-0.15, -0.1) is 0 Å². The second-order valence-electron chi connectivity index (χ2n) is 4.98. The summed E-state index contributed by atoms with van der Waals surface area (Å²) in [4.78, 5) is 2.31. The second kappa shape index (κ2) is 5.53. The Balaban J connectivity index is 1.84. The predicted octanol–water partition coefficient (Wildman–Crippen LogP) is 1.12. The molecule has 102 valence electrons. The van der Waals surface area contributed by atoms with E-state index in [1.165, 1.54) is 11.1 Å². The fraction of sp³-hybridized carbons (Fsp3) is 0.429. The number of fused-ring (bicyclic) bond motifs is 1. The molecule has 4 nitrogen and oxygen atoms in total. The van der Waals surface area contributed by atoms with E-state index in [9.17, 15) is 5.11 Å². The number of hydrogen-bond donors (Lipinski definition) is 3. The largest absolute Gasteiger partial charge is 0.395 e. The molecule has 1 aromatic carbocycles. The lowest BCUT2D eigenvalue weighted by Gasteiger charge is -2.37. The summed E-state index contributed by atoms with van der Waals surface area (Å²) in [5.74, 6) is 1.15. The van der Waals surface area contributed by atoms with Gasteiger partial charge in [0.15, 0.2) is 0 Å². The molecule has 1 aromatic rings. The van der Waals surface area contributed by atoms with Gasteiger partial charge in [-0.25, -0.2) is 0 Å². The number of aliphatic hydroxyl groups excluding tert-OH is 1. The highest BCUT2D eigenvalue weighted by atomic mass is 79.9. The van der Waals surface area contributed by atoms with Gasteiger partial charge in [-0.1, -0.05) is 28.1 Å². The molecule has 1 atom stereocenters. The third kappa shape index (κ3) is 2.63. The van der Waals surface area contributed by atoms with Gasteiger partial charge in [-0.2, -0.15) is 0 Å². The molecule has 0 amide bonds. The lowest BCUT2D eigenvalue weighted by atomic mass is 10.0. The molecule has 0 spiro atoms. The maximum Gasteiger partial charge on any atom is 0.102 e. The molecule has 5 heteroatoms. The SMILES string of the molecule is OCC1CN(C2=Cc3c(Br)cccc3CN2)CCN1. The van der Waals surface area contributed by atoms with Gasteiger partial charge in [-0.3, -0.25) is 0 Å². The molecule has 2 heterocycles. The molecule has 0 aromatic heterocycles. The van der Waals surface area contributed by atoms with Crippen molar-refractivity contribution in [3.8, 4) is 0 Å². The Hall–Kier alpha value is -1.04. The highest BCUT2D eigenvalue weighted by Gasteiger charge is 2.22. The molecule has 1 unspecified atom stereocenters. The zero-order valence-electron chi connectivity index (χ0n) is 10.7. The third-order valence-corrected chi connectivity index (χ3v) is 4.39. The Bertz CT molecular complexity index is 503. The third-order valence-electron chi connectivity index (χ3n) is 3.70. The number of piperazine rings is 1. The van der Waals surface area contributed by atoms with Crippen LogP contribution in [0, 0.1) is 0 Å². The van der Waals surface area contributed by atoms with Crippen LogP contribution in [-0.2, 0) is 6.54 Å². The van der Waals surface area contributed by atoms with E-state index in [2.05, 4.69) is 55.7 Å². The molecule has 3 N–H and O–H groups in total. The fourth-order valence-corrected chi connectivity index (χ4v) is 3.16. The minimum absolute atomic E-state index is 0.164. The van der Waals surface area contributed by atoms with Gasteiger partial charge in [0, 0.05) is 36.7 Å². The van der Waals surface area contributed by atoms with Crippen molar-refractivity contribution >= 4 is 22.0 Å². The van der Waals surface area contributed by atoms with Crippen LogP contribution in [-0.4, -0.2) is 42.3 Å². The number of nitrogens with one attached hydrogen (secondary N) is 2. The Labute approximate surface area is 121 Å². The number of aliphatic hydroxyl groups is 1. The van der Waals surface area contributed by atoms with Gasteiger partial charge >= 0.3 is 0 Å². The summed E-state index contributed by atoms with van der Waals surface area (Å²) < 4.78 is 1.14. The Morgan fingerprint density at radius 2 is 2.32 bits per heavy atom. The maximum atomic E-state index is 9.27. The molecule has 0 aliphatic carbocycles. The number of nitrogens with zero attached hydrogens (tertiary/aromatic N) is 1. The van der Waals surface area contributed by atoms with E-state index in [0.29, 0.717) is 0 Å². The van der Waals surface area contributed by atoms with Gasteiger partial charge in [0.05, 0.1) is 6.61 Å². The van der Waals surface area contributed by atoms with Crippen LogP contribution in [0.5, 0.6) is 0 Å². The van der Waals surface area contributed by atoms with Crippen LogP contribution in [0.4, 0.5) is 0 Å². The first kappa shape index (κ1) is 13.0. The Morgan fingerprint density at radius 1 is 1.42 bits per heavy atom. The molecule has 2 aliphatic heterocycles. The molecule has 1 fully saturated rings. The lowest BCUT2D eigenvalue weighted by Crippen LogP contribution is -2.53. The minimum atomic E-state index is 0.164. The summed E-state index contributed by atoms with van der Waals surface area (Å²) in [5.41, 5.74) is 2.57. The highest BCUT2D eigenvalue weighted by Crippen LogP contribution is 2.27. The molecular formula is C14H18BrN3O. The molecule has 19 heavy (non-hydrogen) atoms. The van der Waals surface area contributed by atoms with Gasteiger partial charge in [0.1, 0.15) is 5.82 Å². The number of hydrogen-bond acceptors (Lipinski definition) is 4. The van der Waals surface area contributed by atoms with E-state index in [1.54, 1.807) is 0 Å². The van der Waals surface area contributed by atoms with E-state index in [-0.39, 0.29) is 12.6 Å². The van der Waals surface area contributed by atoms with Crippen LogP contribution in [0.25, 0.3) is 6.08 Å². The average molecular weight is 324 g/mol. The smallest absolute Gasteiger partial charge is 0.102 e. The van der Waals surface area contributed by atoms with E-state index >= 15 is 0 Å². The van der Waals surface area contributed by atoms with Gasteiger partial charge in [0.25, 0.3) is 0 Å². The summed E-state index contributed by atoms with van der Waals surface area (Å²) in [6.07, 6.45) is 2.20. The van der Waals surface area contributed by atoms with Crippen LogP contribution >= 0.6 is 15.9 Å². The van der Waals surface area contributed by atoms with Crippen molar-refractivity contribution in [2.45, 2.75) is 12.6 Å². The number of rotatable bonds is 2. The minimum Gasteiger partial charge on any atom is -0.395 e. The van der Waals surface area contributed by atoms with Crippen LogP contribution in [0.2, 0.25) is 0 Å². The first-order chi connectivity index (χ1) is 9.28. The highest BCUT2D eigenvalue weighted by molar-refractivity contribution is 9.10. The molecule has 0 radical (unpaired) electrons. The van der Waals surface area contributed by atoms with Crippen molar-refractivity contribution in [1.82, 2.24) is 15.5 Å². The number of benzene rings is 1. The normalized spacial score (nSPS) is 22.5. The van der Waals surface area contributed by atoms with Gasteiger partial charge < -0.3 is 20.6 Å².